The van der Waals surface area contributed by atoms with Crippen molar-refractivity contribution in [2.75, 3.05) is 0 Å². The van der Waals surface area contributed by atoms with Crippen molar-refractivity contribution in [3.63, 3.8) is 0 Å². The van der Waals surface area contributed by atoms with E-state index in [1.807, 2.05) is 0 Å². The van der Waals surface area contributed by atoms with Crippen LogP contribution in [0, 0.1) is 0 Å². The number of carbonyl (C=O) groups is 1. The highest BCUT2D eigenvalue weighted by atomic mass is 16.3. The maximum absolute atomic E-state index is 12.4. The first-order valence-electron chi connectivity index (χ1n) is 6.02. The van der Waals surface area contributed by atoms with Gasteiger partial charge in [0.2, 0.25) is 0 Å². The van der Waals surface area contributed by atoms with Crippen LogP contribution < -0.4 is 0 Å². The molecule has 0 saturated carbocycles. The van der Waals surface area contributed by atoms with Gasteiger partial charge in [0, 0.05) is 22.3 Å². The van der Waals surface area contributed by atoms with Crippen LogP contribution in [-0.2, 0) is 0 Å². The van der Waals surface area contributed by atoms with Crippen molar-refractivity contribution in [2.24, 2.45) is 0 Å². The number of benzene rings is 2. The minimum atomic E-state index is -0.198. The summed E-state index contributed by atoms with van der Waals surface area (Å²) in [6, 6.07) is 9.16. The highest BCUT2D eigenvalue weighted by molar-refractivity contribution is 6.09. The number of ketones is 1. The van der Waals surface area contributed by atoms with Crippen molar-refractivity contribution in [1.82, 2.24) is 0 Å². The van der Waals surface area contributed by atoms with Gasteiger partial charge in [-0.1, -0.05) is 25.3 Å². The van der Waals surface area contributed by atoms with Gasteiger partial charge in [0.1, 0.15) is 11.5 Å². The molecule has 0 aliphatic heterocycles. The third-order valence-corrected chi connectivity index (χ3v) is 3.02. The molecule has 100 valence electrons. The maximum Gasteiger partial charge on any atom is 0.193 e. The number of carbonyl (C=O) groups excluding carboxylic acids is 1. The lowest BCUT2D eigenvalue weighted by molar-refractivity contribution is 0.103. The van der Waals surface area contributed by atoms with Gasteiger partial charge in [-0.2, -0.15) is 0 Å². The van der Waals surface area contributed by atoms with Crippen molar-refractivity contribution in [2.45, 2.75) is 0 Å². The summed E-state index contributed by atoms with van der Waals surface area (Å²) >= 11 is 0. The molecule has 0 saturated heterocycles. The fourth-order valence-electron chi connectivity index (χ4n) is 1.89. The van der Waals surface area contributed by atoms with E-state index in [9.17, 15) is 15.0 Å². The van der Waals surface area contributed by atoms with Crippen LogP contribution in [0.15, 0.2) is 49.6 Å². The van der Waals surface area contributed by atoms with Gasteiger partial charge < -0.3 is 10.2 Å². The van der Waals surface area contributed by atoms with Crippen LogP contribution in [-0.4, -0.2) is 16.0 Å². The van der Waals surface area contributed by atoms with Gasteiger partial charge in [-0.3, -0.25) is 4.79 Å². The molecule has 2 aromatic rings. The van der Waals surface area contributed by atoms with E-state index in [-0.39, 0.29) is 17.3 Å². The van der Waals surface area contributed by atoms with Crippen LogP contribution in [0.4, 0.5) is 0 Å². The molecule has 3 heteroatoms. The zero-order valence-corrected chi connectivity index (χ0v) is 10.8. The molecule has 3 nitrogen and oxygen atoms in total. The predicted octanol–water partition coefficient (Wildman–Crippen LogP) is 3.61. The van der Waals surface area contributed by atoms with E-state index in [1.165, 1.54) is 24.3 Å². The fourth-order valence-corrected chi connectivity index (χ4v) is 1.89. The molecule has 2 aromatic carbocycles. The molecule has 0 spiro atoms. The second kappa shape index (κ2) is 5.45. The summed E-state index contributed by atoms with van der Waals surface area (Å²) in [5.74, 6) is -0.0423. The van der Waals surface area contributed by atoms with Crippen molar-refractivity contribution in [1.29, 1.82) is 0 Å². The van der Waals surface area contributed by atoms with Gasteiger partial charge in [0.05, 0.1) is 0 Å². The molecule has 0 aromatic heterocycles. The summed E-state index contributed by atoms with van der Waals surface area (Å²) in [4.78, 5) is 12.4. The monoisotopic (exact) mass is 266 g/mol. The predicted molar refractivity (Wildman–Crippen MR) is 79.8 cm³/mol. The Morgan fingerprint density at radius 3 is 1.60 bits per heavy atom. The molecule has 0 bridgehead atoms. The van der Waals surface area contributed by atoms with E-state index >= 15 is 0 Å². The van der Waals surface area contributed by atoms with E-state index in [2.05, 4.69) is 13.2 Å². The summed E-state index contributed by atoms with van der Waals surface area (Å²) in [6.07, 6.45) is 2.97. The van der Waals surface area contributed by atoms with Gasteiger partial charge in [-0.25, -0.2) is 0 Å². The molecule has 0 atom stereocenters. The average molecular weight is 266 g/mol. The second-order valence-corrected chi connectivity index (χ2v) is 4.28. The Hall–Kier alpha value is -2.81. The SMILES string of the molecule is C=Cc1cc(C(=O)c2ccc(O)c(C=C)c2)ccc1O. The highest BCUT2D eigenvalue weighted by Crippen LogP contribution is 2.24. The lowest BCUT2D eigenvalue weighted by Gasteiger charge is -2.06. The number of hydrogen-bond acceptors (Lipinski definition) is 3. The Balaban J connectivity index is 2.46. The van der Waals surface area contributed by atoms with Crippen LogP contribution >= 0.6 is 0 Å². The van der Waals surface area contributed by atoms with Crippen molar-refractivity contribution >= 4 is 17.9 Å². The third-order valence-electron chi connectivity index (χ3n) is 3.02. The Labute approximate surface area is 117 Å². The Morgan fingerprint density at radius 1 is 0.850 bits per heavy atom. The van der Waals surface area contributed by atoms with Crippen LogP contribution in [0.25, 0.3) is 12.2 Å². The van der Waals surface area contributed by atoms with Crippen LogP contribution in [0.3, 0.4) is 0 Å². The first-order valence-corrected chi connectivity index (χ1v) is 6.02. The summed E-state index contributed by atoms with van der Waals surface area (Å²) in [5, 5.41) is 19.2. The van der Waals surface area contributed by atoms with Gasteiger partial charge in [-0.15, -0.1) is 0 Å². The fraction of sp³-hybridized carbons (Fsp3) is 0. The van der Waals surface area contributed by atoms with Gasteiger partial charge in [-0.05, 0) is 36.4 Å². The second-order valence-electron chi connectivity index (χ2n) is 4.28. The van der Waals surface area contributed by atoms with Gasteiger partial charge >= 0.3 is 0 Å². The molecular weight excluding hydrogens is 252 g/mol. The molecule has 0 aliphatic rings. The molecule has 0 aliphatic carbocycles. The first-order chi connectivity index (χ1) is 9.56. The van der Waals surface area contributed by atoms with Gasteiger partial charge in [0.15, 0.2) is 5.78 Å². The standard InChI is InChI=1S/C17H14O3/c1-3-11-9-13(5-7-15(11)18)17(20)14-6-8-16(19)12(4-2)10-14/h3-10,18-19H,1-2H2. The maximum atomic E-state index is 12.4. The third kappa shape index (κ3) is 2.47. The summed E-state index contributed by atoms with van der Waals surface area (Å²) in [7, 11) is 0. The van der Waals surface area contributed by atoms with Crippen molar-refractivity contribution < 1.29 is 15.0 Å². The van der Waals surface area contributed by atoms with Crippen molar-refractivity contribution in [3.05, 3.63) is 71.8 Å². The van der Waals surface area contributed by atoms with E-state index in [4.69, 9.17) is 0 Å². The molecule has 0 heterocycles. The van der Waals surface area contributed by atoms with E-state index in [0.29, 0.717) is 22.3 Å². The lowest BCUT2D eigenvalue weighted by Crippen LogP contribution is -2.02. The smallest absolute Gasteiger partial charge is 0.193 e. The highest BCUT2D eigenvalue weighted by Gasteiger charge is 2.12. The molecule has 20 heavy (non-hydrogen) atoms. The van der Waals surface area contributed by atoms with E-state index in [1.54, 1.807) is 24.3 Å². The number of phenols is 2. The largest absolute Gasteiger partial charge is 0.507 e. The number of hydrogen-bond donors (Lipinski definition) is 2. The molecule has 0 fully saturated rings. The summed E-state index contributed by atoms with van der Waals surface area (Å²) in [6.45, 7) is 7.17. The minimum absolute atomic E-state index is 0.0778. The molecular formula is C17H14O3. The summed E-state index contributed by atoms with van der Waals surface area (Å²) < 4.78 is 0. The average Bonchev–Trinajstić information content (AvgIpc) is 2.47. The molecule has 2 N–H and O–H groups in total. The zero-order valence-electron chi connectivity index (χ0n) is 10.8. The Kier molecular flexibility index (Phi) is 3.71. The summed E-state index contributed by atoms with van der Waals surface area (Å²) in [5.41, 5.74) is 1.88. The van der Waals surface area contributed by atoms with Crippen LogP contribution in [0.1, 0.15) is 27.0 Å². The van der Waals surface area contributed by atoms with Gasteiger partial charge in [0.25, 0.3) is 0 Å². The van der Waals surface area contributed by atoms with Crippen LogP contribution in [0.5, 0.6) is 11.5 Å². The normalized spacial score (nSPS) is 10.0. The molecule has 0 radical (unpaired) electrons. The topological polar surface area (TPSA) is 57.5 Å². The lowest BCUT2D eigenvalue weighted by atomic mass is 9.99. The number of rotatable bonds is 4. The molecule has 0 amide bonds. The quantitative estimate of drug-likeness (QED) is 0.831. The zero-order chi connectivity index (χ0) is 14.7. The molecule has 2 rings (SSSR count). The van der Waals surface area contributed by atoms with E-state index < -0.39 is 0 Å². The Bertz CT molecular complexity index is 640. The first kappa shape index (κ1) is 13.6. The van der Waals surface area contributed by atoms with Crippen LogP contribution in [0.2, 0.25) is 0 Å². The van der Waals surface area contributed by atoms with E-state index in [0.717, 1.165) is 0 Å². The minimum Gasteiger partial charge on any atom is -0.507 e. The number of aromatic hydroxyl groups is 2. The number of phenolic OH excluding ortho intramolecular Hbond substituents is 2. The molecule has 0 unspecified atom stereocenters. The Morgan fingerprint density at radius 2 is 1.25 bits per heavy atom. The van der Waals surface area contributed by atoms with Crippen molar-refractivity contribution in [3.8, 4) is 11.5 Å².